The fraction of sp³-hybridized carbons (Fsp3) is 0.0667. The molecule has 1 N–H and O–H groups in total. The van der Waals surface area contributed by atoms with Crippen LogP contribution in [-0.4, -0.2) is 16.8 Å². The molecule has 0 aliphatic rings. The van der Waals surface area contributed by atoms with Gasteiger partial charge >= 0.3 is 0 Å². The van der Waals surface area contributed by atoms with Crippen molar-refractivity contribution in [3.8, 4) is 0 Å². The number of benzene rings is 2. The van der Waals surface area contributed by atoms with E-state index in [1.165, 1.54) is 0 Å². The quantitative estimate of drug-likeness (QED) is 0.679. The van der Waals surface area contributed by atoms with Gasteiger partial charge in [0.25, 0.3) is 11.6 Å². The average Bonchev–Trinajstić information content (AvgIpc) is 2.46. The second-order valence-electron chi connectivity index (χ2n) is 4.60. The molecular formula is C15H11N2O5-. The first kappa shape index (κ1) is 15.2. The van der Waals surface area contributed by atoms with Crippen LogP contribution < -0.4 is 10.4 Å². The van der Waals surface area contributed by atoms with Crippen molar-refractivity contribution >= 4 is 23.3 Å². The van der Waals surface area contributed by atoms with E-state index in [0.29, 0.717) is 5.69 Å². The number of rotatable bonds is 4. The van der Waals surface area contributed by atoms with E-state index in [1.54, 1.807) is 18.2 Å². The number of nitro benzene ring substituents is 1. The number of nitro groups is 1. The van der Waals surface area contributed by atoms with E-state index >= 15 is 0 Å². The Morgan fingerprint density at radius 2 is 1.82 bits per heavy atom. The van der Waals surface area contributed by atoms with Gasteiger partial charge in [-0.2, -0.15) is 0 Å². The second kappa shape index (κ2) is 6.04. The molecule has 112 valence electrons. The number of carboxylic acid groups (broad SMARTS) is 1. The van der Waals surface area contributed by atoms with Crippen molar-refractivity contribution in [2.45, 2.75) is 6.92 Å². The van der Waals surface area contributed by atoms with Crippen LogP contribution in [0.25, 0.3) is 0 Å². The lowest BCUT2D eigenvalue weighted by Crippen LogP contribution is -2.26. The molecule has 0 heterocycles. The molecule has 0 saturated heterocycles. The summed E-state index contributed by atoms with van der Waals surface area (Å²) >= 11 is 0. The maximum Gasteiger partial charge on any atom is 0.270 e. The van der Waals surface area contributed by atoms with Gasteiger partial charge in [0.15, 0.2) is 0 Å². The van der Waals surface area contributed by atoms with Gasteiger partial charge in [-0.25, -0.2) is 0 Å². The monoisotopic (exact) mass is 299 g/mol. The van der Waals surface area contributed by atoms with Gasteiger partial charge < -0.3 is 15.2 Å². The highest BCUT2D eigenvalue weighted by molar-refractivity contribution is 6.10. The molecule has 0 fully saturated rings. The van der Waals surface area contributed by atoms with Crippen LogP contribution in [0.4, 0.5) is 11.4 Å². The smallest absolute Gasteiger partial charge is 0.270 e. The predicted octanol–water partition coefficient (Wildman–Crippen LogP) is 1.52. The molecule has 2 aromatic rings. The fourth-order valence-electron chi connectivity index (χ4n) is 1.93. The number of hydrogen-bond acceptors (Lipinski definition) is 5. The molecule has 0 aliphatic heterocycles. The number of carbonyl (C=O) groups is 2. The van der Waals surface area contributed by atoms with Crippen LogP contribution in [0.2, 0.25) is 0 Å². The summed E-state index contributed by atoms with van der Waals surface area (Å²) in [5.74, 6) is -2.34. The number of aryl methyl sites for hydroxylation is 1. The highest BCUT2D eigenvalue weighted by Crippen LogP contribution is 2.19. The third-order valence-electron chi connectivity index (χ3n) is 2.95. The van der Waals surface area contributed by atoms with E-state index in [4.69, 9.17) is 0 Å². The van der Waals surface area contributed by atoms with Gasteiger partial charge in [-0.15, -0.1) is 0 Å². The minimum absolute atomic E-state index is 0.202. The molecule has 7 nitrogen and oxygen atoms in total. The molecule has 0 radical (unpaired) electrons. The Balaban J connectivity index is 2.36. The number of carbonyl (C=O) groups excluding carboxylic acids is 2. The zero-order valence-corrected chi connectivity index (χ0v) is 11.5. The molecule has 0 aliphatic carbocycles. The molecule has 1 amide bonds. The van der Waals surface area contributed by atoms with Crippen molar-refractivity contribution in [2.24, 2.45) is 0 Å². The van der Waals surface area contributed by atoms with E-state index in [2.05, 4.69) is 5.32 Å². The van der Waals surface area contributed by atoms with E-state index in [9.17, 15) is 24.8 Å². The molecule has 0 spiro atoms. The van der Waals surface area contributed by atoms with Crippen LogP contribution >= 0.6 is 0 Å². The zero-order chi connectivity index (χ0) is 16.3. The summed E-state index contributed by atoms with van der Waals surface area (Å²) in [6.07, 6.45) is 0. The van der Waals surface area contributed by atoms with Crippen molar-refractivity contribution in [2.75, 3.05) is 5.32 Å². The normalized spacial score (nSPS) is 10.0. The van der Waals surface area contributed by atoms with Gasteiger partial charge in [0, 0.05) is 28.9 Å². The van der Waals surface area contributed by atoms with Crippen molar-refractivity contribution in [3.05, 3.63) is 69.3 Å². The summed E-state index contributed by atoms with van der Waals surface area (Å²) in [7, 11) is 0. The highest BCUT2D eigenvalue weighted by atomic mass is 16.6. The predicted molar refractivity (Wildman–Crippen MR) is 76.6 cm³/mol. The summed E-state index contributed by atoms with van der Waals surface area (Å²) in [5.41, 5.74) is 0.257. The van der Waals surface area contributed by atoms with Crippen LogP contribution in [0, 0.1) is 17.0 Å². The largest absolute Gasteiger partial charge is 0.545 e. The summed E-state index contributed by atoms with van der Waals surface area (Å²) in [6.45, 7) is 1.84. The molecule has 0 unspecified atom stereocenters. The molecule has 0 atom stereocenters. The second-order valence-corrected chi connectivity index (χ2v) is 4.60. The van der Waals surface area contributed by atoms with Crippen LogP contribution in [0.5, 0.6) is 0 Å². The molecule has 22 heavy (non-hydrogen) atoms. The van der Waals surface area contributed by atoms with Crippen molar-refractivity contribution in [3.63, 3.8) is 0 Å². The summed E-state index contributed by atoms with van der Waals surface area (Å²) in [6, 6.07) is 9.90. The number of anilines is 1. The van der Waals surface area contributed by atoms with E-state index in [1.807, 2.05) is 13.0 Å². The van der Waals surface area contributed by atoms with Gasteiger partial charge in [0.05, 0.1) is 10.9 Å². The molecule has 0 aromatic heterocycles. The number of hydrogen-bond donors (Lipinski definition) is 1. The number of nitrogens with one attached hydrogen (secondary N) is 1. The number of carboxylic acids is 1. The van der Waals surface area contributed by atoms with Gasteiger partial charge in [-0.1, -0.05) is 12.1 Å². The van der Waals surface area contributed by atoms with Crippen molar-refractivity contribution < 1.29 is 19.6 Å². The number of non-ortho nitro benzene ring substituents is 1. The third kappa shape index (κ3) is 3.26. The molecule has 7 heteroatoms. The lowest BCUT2D eigenvalue weighted by molar-refractivity contribution is -0.385. The zero-order valence-electron chi connectivity index (χ0n) is 11.5. The Labute approximate surface area is 125 Å². The average molecular weight is 299 g/mol. The van der Waals surface area contributed by atoms with E-state index in [-0.39, 0.29) is 5.56 Å². The maximum absolute atomic E-state index is 12.2. The summed E-state index contributed by atoms with van der Waals surface area (Å²) in [5, 5.41) is 24.3. The Morgan fingerprint density at radius 3 is 2.41 bits per heavy atom. The number of aromatic carboxylic acids is 1. The first-order valence-corrected chi connectivity index (χ1v) is 6.26. The number of nitrogens with zero attached hydrogens (tertiary/aromatic N) is 1. The molecule has 2 rings (SSSR count). The minimum Gasteiger partial charge on any atom is -0.545 e. The molecule has 0 bridgehead atoms. The Bertz CT molecular complexity index is 770. The first-order valence-electron chi connectivity index (χ1n) is 6.26. The first-order chi connectivity index (χ1) is 10.4. The minimum atomic E-state index is -1.65. The lowest BCUT2D eigenvalue weighted by atomic mass is 10.1. The Hall–Kier alpha value is -3.22. The van der Waals surface area contributed by atoms with E-state index < -0.39 is 28.1 Å². The lowest BCUT2D eigenvalue weighted by Gasteiger charge is -2.11. The fourth-order valence-corrected chi connectivity index (χ4v) is 1.93. The third-order valence-corrected chi connectivity index (χ3v) is 2.95. The van der Waals surface area contributed by atoms with Crippen molar-refractivity contribution in [1.82, 2.24) is 0 Å². The van der Waals surface area contributed by atoms with Gasteiger partial charge in [-0.3, -0.25) is 14.9 Å². The SMILES string of the molecule is Cc1cccc(NC(=O)c2ccc([N+](=O)[O-])cc2C(=O)[O-])c1. The van der Waals surface area contributed by atoms with E-state index in [0.717, 1.165) is 23.8 Å². The standard InChI is InChI=1S/C15H12N2O5/c1-9-3-2-4-10(7-9)16-14(18)12-6-5-11(17(21)22)8-13(12)15(19)20/h2-8H,1H3,(H,16,18)(H,19,20)/p-1. The maximum atomic E-state index is 12.2. The summed E-state index contributed by atoms with van der Waals surface area (Å²) in [4.78, 5) is 33.2. The molecule has 2 aromatic carbocycles. The topological polar surface area (TPSA) is 112 Å². The van der Waals surface area contributed by atoms with Gasteiger partial charge in [0.2, 0.25) is 0 Å². The van der Waals surface area contributed by atoms with Crippen molar-refractivity contribution in [1.29, 1.82) is 0 Å². The van der Waals surface area contributed by atoms with Gasteiger partial charge in [0.1, 0.15) is 0 Å². The Kier molecular flexibility index (Phi) is 4.17. The van der Waals surface area contributed by atoms with Crippen LogP contribution in [-0.2, 0) is 0 Å². The molecule has 0 saturated carbocycles. The molecular weight excluding hydrogens is 288 g/mol. The number of amides is 1. The highest BCUT2D eigenvalue weighted by Gasteiger charge is 2.17. The van der Waals surface area contributed by atoms with Gasteiger partial charge in [-0.05, 0) is 30.7 Å². The summed E-state index contributed by atoms with van der Waals surface area (Å²) < 4.78 is 0. The van der Waals surface area contributed by atoms with Crippen LogP contribution in [0.1, 0.15) is 26.3 Å². The Morgan fingerprint density at radius 1 is 1.09 bits per heavy atom. The van der Waals surface area contributed by atoms with Crippen LogP contribution in [0.3, 0.4) is 0 Å². The van der Waals surface area contributed by atoms with Crippen LogP contribution in [0.15, 0.2) is 42.5 Å².